The molecular weight excluding hydrogens is 322 g/mol. The van der Waals surface area contributed by atoms with Gasteiger partial charge in [-0.15, -0.1) is 11.3 Å². The number of hydrogen-bond donors (Lipinski definition) is 2. The fraction of sp³-hybridized carbons (Fsp3) is 0.500. The molecule has 1 rings (SSSR count). The van der Waals surface area contributed by atoms with Gasteiger partial charge in [0.05, 0.1) is 6.07 Å². The molecule has 1 unspecified atom stereocenters. The molecule has 0 aliphatic rings. The molecule has 1 aromatic heterocycles. The van der Waals surface area contributed by atoms with Crippen molar-refractivity contribution >= 4 is 31.4 Å². The van der Waals surface area contributed by atoms with Crippen LogP contribution in [0.4, 0.5) is 0 Å². The molecule has 1 atom stereocenters. The molecule has 1 aromatic rings. The van der Waals surface area contributed by atoms with Crippen LogP contribution in [0.3, 0.4) is 0 Å². The standard InChI is InChI=1S/C10H15N3O4S3/c1-2-9(7-11)20(16,17)13-6-5-8-3-4-10(18-8)19(12,14)15/h3-4,9,13H,2,5-6H2,1H3,(H2,12,14,15). The molecule has 1 heterocycles. The first-order chi connectivity index (χ1) is 9.20. The fourth-order valence-electron chi connectivity index (χ4n) is 1.44. The summed E-state index contributed by atoms with van der Waals surface area (Å²) in [6.45, 7) is 1.72. The summed E-state index contributed by atoms with van der Waals surface area (Å²) >= 11 is 0.998. The Labute approximate surface area is 122 Å². The van der Waals surface area contributed by atoms with Crippen molar-refractivity contribution < 1.29 is 16.8 Å². The van der Waals surface area contributed by atoms with Crippen molar-refractivity contribution in [3.63, 3.8) is 0 Å². The van der Waals surface area contributed by atoms with Gasteiger partial charge >= 0.3 is 0 Å². The average Bonchev–Trinajstić information content (AvgIpc) is 2.78. The summed E-state index contributed by atoms with van der Waals surface area (Å²) in [5.74, 6) is 0. The van der Waals surface area contributed by atoms with E-state index in [9.17, 15) is 16.8 Å². The predicted octanol–water partition coefficient (Wildman–Crippen LogP) is 0.160. The van der Waals surface area contributed by atoms with E-state index in [-0.39, 0.29) is 17.2 Å². The Morgan fingerprint density at radius 3 is 2.50 bits per heavy atom. The van der Waals surface area contributed by atoms with Crippen LogP contribution in [-0.2, 0) is 26.5 Å². The summed E-state index contributed by atoms with van der Waals surface area (Å²) in [5, 5.41) is 12.6. The van der Waals surface area contributed by atoms with Crippen molar-refractivity contribution in [3.05, 3.63) is 17.0 Å². The van der Waals surface area contributed by atoms with Crippen LogP contribution in [-0.4, -0.2) is 28.6 Å². The van der Waals surface area contributed by atoms with Crippen LogP contribution in [0.15, 0.2) is 16.3 Å². The maximum atomic E-state index is 11.7. The van der Waals surface area contributed by atoms with E-state index in [1.807, 2.05) is 0 Å². The molecule has 0 spiro atoms. The summed E-state index contributed by atoms with van der Waals surface area (Å²) in [6, 6.07) is 4.69. The molecule has 0 saturated heterocycles. The van der Waals surface area contributed by atoms with Crippen LogP contribution in [0.2, 0.25) is 0 Å². The summed E-state index contributed by atoms with van der Waals surface area (Å²) < 4.78 is 48.0. The molecule has 0 radical (unpaired) electrons. The van der Waals surface area contributed by atoms with E-state index in [0.29, 0.717) is 11.3 Å². The lowest BCUT2D eigenvalue weighted by molar-refractivity contribution is 0.573. The van der Waals surface area contributed by atoms with Crippen molar-refractivity contribution in [2.45, 2.75) is 29.2 Å². The zero-order chi connectivity index (χ0) is 15.4. The smallest absolute Gasteiger partial charge is 0.224 e. The molecule has 10 heteroatoms. The monoisotopic (exact) mass is 337 g/mol. The second-order valence-electron chi connectivity index (χ2n) is 3.98. The number of nitriles is 1. The zero-order valence-corrected chi connectivity index (χ0v) is 13.2. The SMILES string of the molecule is CCC(C#N)S(=O)(=O)NCCc1ccc(S(N)(=O)=O)s1. The first-order valence-corrected chi connectivity index (χ1v) is 9.61. The largest absolute Gasteiger partial charge is 0.247 e. The van der Waals surface area contributed by atoms with E-state index >= 15 is 0 Å². The van der Waals surface area contributed by atoms with Gasteiger partial charge in [-0.2, -0.15) is 5.26 Å². The first kappa shape index (κ1) is 17.1. The highest BCUT2D eigenvalue weighted by Gasteiger charge is 2.22. The van der Waals surface area contributed by atoms with Crippen molar-refractivity contribution in [3.8, 4) is 6.07 Å². The number of nitrogens with zero attached hydrogens (tertiary/aromatic N) is 1. The minimum Gasteiger partial charge on any atom is -0.224 e. The van der Waals surface area contributed by atoms with E-state index in [1.54, 1.807) is 19.1 Å². The molecule has 20 heavy (non-hydrogen) atoms. The van der Waals surface area contributed by atoms with Gasteiger partial charge in [0.2, 0.25) is 20.0 Å². The Morgan fingerprint density at radius 2 is 2.05 bits per heavy atom. The molecule has 0 fully saturated rings. The van der Waals surface area contributed by atoms with Crippen molar-refractivity contribution in [1.82, 2.24) is 4.72 Å². The minimum absolute atomic E-state index is 0.0406. The third-order valence-electron chi connectivity index (χ3n) is 2.48. The molecule has 3 N–H and O–H groups in total. The van der Waals surface area contributed by atoms with Gasteiger partial charge in [-0.1, -0.05) is 6.92 Å². The Bertz CT molecular complexity index is 700. The maximum Gasteiger partial charge on any atom is 0.247 e. The molecule has 0 aromatic carbocycles. The number of sulfonamides is 2. The summed E-state index contributed by atoms with van der Waals surface area (Å²) in [6.07, 6.45) is 0.543. The molecule has 0 saturated carbocycles. The third kappa shape index (κ3) is 4.53. The van der Waals surface area contributed by atoms with Gasteiger partial charge in [-0.05, 0) is 25.0 Å². The van der Waals surface area contributed by atoms with E-state index in [2.05, 4.69) is 4.72 Å². The maximum absolute atomic E-state index is 11.7. The van der Waals surface area contributed by atoms with Crippen LogP contribution in [0.1, 0.15) is 18.2 Å². The molecule has 7 nitrogen and oxygen atoms in total. The summed E-state index contributed by atoms with van der Waals surface area (Å²) in [7, 11) is -7.38. The van der Waals surface area contributed by atoms with Crippen LogP contribution in [0.5, 0.6) is 0 Å². The summed E-state index contributed by atoms with van der Waals surface area (Å²) in [4.78, 5) is 0.696. The topological polar surface area (TPSA) is 130 Å². The van der Waals surface area contributed by atoms with E-state index in [0.717, 1.165) is 11.3 Å². The lowest BCUT2D eigenvalue weighted by Gasteiger charge is -2.09. The number of rotatable bonds is 7. The second kappa shape index (κ2) is 6.64. The number of thiophene rings is 1. The predicted molar refractivity (Wildman–Crippen MR) is 76.0 cm³/mol. The molecular formula is C10H15N3O4S3. The number of nitrogens with two attached hydrogens (primary N) is 1. The summed E-state index contributed by atoms with van der Waals surface area (Å²) in [5.41, 5.74) is 0. The Hall–Kier alpha value is -0.990. The van der Waals surface area contributed by atoms with Gasteiger partial charge < -0.3 is 0 Å². The van der Waals surface area contributed by atoms with E-state index in [1.165, 1.54) is 6.07 Å². The quantitative estimate of drug-likeness (QED) is 0.732. The second-order valence-corrected chi connectivity index (χ2v) is 8.89. The van der Waals surface area contributed by atoms with E-state index < -0.39 is 25.3 Å². The first-order valence-electron chi connectivity index (χ1n) is 5.70. The van der Waals surface area contributed by atoms with Gasteiger partial charge in [-0.25, -0.2) is 26.7 Å². The van der Waals surface area contributed by atoms with Crippen LogP contribution >= 0.6 is 11.3 Å². The van der Waals surface area contributed by atoms with Gasteiger partial charge in [0.15, 0.2) is 5.25 Å². The lowest BCUT2D eigenvalue weighted by Crippen LogP contribution is -2.34. The Kier molecular flexibility index (Phi) is 5.67. The molecule has 112 valence electrons. The van der Waals surface area contributed by atoms with Crippen LogP contribution < -0.4 is 9.86 Å². The molecule has 0 amide bonds. The average molecular weight is 337 g/mol. The Balaban J connectivity index is 2.62. The van der Waals surface area contributed by atoms with Crippen molar-refractivity contribution in [2.24, 2.45) is 5.14 Å². The molecule has 0 aliphatic carbocycles. The zero-order valence-electron chi connectivity index (χ0n) is 10.7. The van der Waals surface area contributed by atoms with E-state index in [4.69, 9.17) is 10.4 Å². The number of hydrogen-bond acceptors (Lipinski definition) is 6. The minimum atomic E-state index is -3.72. The lowest BCUT2D eigenvalue weighted by atomic mass is 10.3. The van der Waals surface area contributed by atoms with Gasteiger partial charge in [0.25, 0.3) is 0 Å². The number of nitrogens with one attached hydrogen (secondary N) is 1. The van der Waals surface area contributed by atoms with Gasteiger partial charge in [-0.3, -0.25) is 0 Å². The molecule has 0 aliphatic heterocycles. The van der Waals surface area contributed by atoms with Crippen LogP contribution in [0.25, 0.3) is 0 Å². The van der Waals surface area contributed by atoms with Crippen molar-refractivity contribution in [2.75, 3.05) is 6.54 Å². The third-order valence-corrected chi connectivity index (χ3v) is 6.86. The Morgan fingerprint density at radius 1 is 1.40 bits per heavy atom. The van der Waals surface area contributed by atoms with Gasteiger partial charge in [0, 0.05) is 11.4 Å². The fourth-order valence-corrected chi connectivity index (χ4v) is 4.39. The van der Waals surface area contributed by atoms with Crippen molar-refractivity contribution in [1.29, 1.82) is 5.26 Å². The van der Waals surface area contributed by atoms with Crippen LogP contribution in [0, 0.1) is 11.3 Å². The highest BCUT2D eigenvalue weighted by Crippen LogP contribution is 2.20. The number of primary sulfonamides is 1. The highest BCUT2D eigenvalue weighted by molar-refractivity contribution is 7.91. The van der Waals surface area contributed by atoms with Gasteiger partial charge in [0.1, 0.15) is 4.21 Å². The molecule has 0 bridgehead atoms. The normalized spacial score (nSPS) is 13.8. The highest BCUT2D eigenvalue weighted by atomic mass is 32.2.